The minimum absolute atomic E-state index is 0.0226. The Kier molecular flexibility index (Phi) is 4.78. The number of ketones is 1. The van der Waals surface area contributed by atoms with Gasteiger partial charge in [0.15, 0.2) is 5.78 Å². The van der Waals surface area contributed by atoms with Gasteiger partial charge in [-0.15, -0.1) is 0 Å². The molecule has 0 aromatic rings. The van der Waals surface area contributed by atoms with Crippen LogP contribution in [0.1, 0.15) is 55.4 Å². The summed E-state index contributed by atoms with van der Waals surface area (Å²) in [4.78, 5) is 12.0. The summed E-state index contributed by atoms with van der Waals surface area (Å²) in [6.07, 6.45) is 1.76. The van der Waals surface area contributed by atoms with Gasteiger partial charge < -0.3 is 5.32 Å². The first kappa shape index (κ1) is 15.2. The Labute approximate surface area is 101 Å². The van der Waals surface area contributed by atoms with Gasteiger partial charge in [-0.05, 0) is 13.8 Å². The zero-order valence-corrected chi connectivity index (χ0v) is 12.1. The molecular weight excluding hydrogens is 198 g/mol. The van der Waals surface area contributed by atoms with Crippen molar-refractivity contribution < 1.29 is 4.79 Å². The summed E-state index contributed by atoms with van der Waals surface area (Å²) in [5, 5.41) is 3.36. The van der Waals surface area contributed by atoms with Gasteiger partial charge in [0.1, 0.15) is 0 Å². The fourth-order valence-corrected chi connectivity index (χ4v) is 1.13. The van der Waals surface area contributed by atoms with Gasteiger partial charge >= 0.3 is 0 Å². The zero-order valence-electron chi connectivity index (χ0n) is 12.1. The molecule has 0 spiro atoms. The van der Waals surface area contributed by atoms with Crippen LogP contribution in [0.3, 0.4) is 0 Å². The van der Waals surface area contributed by atoms with E-state index in [0.717, 1.165) is 5.70 Å². The van der Waals surface area contributed by atoms with E-state index in [1.165, 1.54) is 0 Å². The first-order valence-electron chi connectivity index (χ1n) is 5.97. The Hall–Kier alpha value is -0.790. The van der Waals surface area contributed by atoms with Crippen LogP contribution in [0.25, 0.3) is 0 Å². The van der Waals surface area contributed by atoms with E-state index >= 15 is 0 Å². The van der Waals surface area contributed by atoms with E-state index in [1.54, 1.807) is 6.08 Å². The van der Waals surface area contributed by atoms with E-state index in [-0.39, 0.29) is 16.6 Å². The van der Waals surface area contributed by atoms with Crippen molar-refractivity contribution >= 4 is 5.78 Å². The fourth-order valence-electron chi connectivity index (χ4n) is 1.13. The van der Waals surface area contributed by atoms with Crippen LogP contribution in [-0.2, 0) is 4.79 Å². The van der Waals surface area contributed by atoms with Gasteiger partial charge in [-0.1, -0.05) is 41.5 Å². The van der Waals surface area contributed by atoms with E-state index < -0.39 is 0 Å². The maximum Gasteiger partial charge on any atom is 0.162 e. The molecule has 0 radical (unpaired) electrons. The van der Waals surface area contributed by atoms with Gasteiger partial charge in [-0.25, -0.2) is 0 Å². The first-order chi connectivity index (χ1) is 6.94. The summed E-state index contributed by atoms with van der Waals surface area (Å²) in [5.74, 6) is 0.172. The van der Waals surface area contributed by atoms with Crippen molar-refractivity contribution in [3.63, 3.8) is 0 Å². The number of rotatable bonds is 3. The number of hydrogen-bond donors (Lipinski definition) is 1. The zero-order chi connectivity index (χ0) is 13.1. The quantitative estimate of drug-likeness (QED) is 0.744. The lowest BCUT2D eigenvalue weighted by atomic mass is 9.85. The van der Waals surface area contributed by atoms with E-state index in [0.29, 0.717) is 6.04 Å². The third kappa shape index (κ3) is 5.34. The van der Waals surface area contributed by atoms with Crippen LogP contribution in [0.2, 0.25) is 0 Å². The normalized spacial score (nSPS) is 14.2. The molecule has 0 fully saturated rings. The fraction of sp³-hybridized carbons (Fsp3) is 0.786. The molecule has 0 unspecified atom stereocenters. The highest BCUT2D eigenvalue weighted by Crippen LogP contribution is 2.25. The van der Waals surface area contributed by atoms with Crippen molar-refractivity contribution in [3.8, 4) is 0 Å². The SMILES string of the molecule is CC(C)NC(=CC(=O)C(C)(C)C)C(C)(C)C. The predicted octanol–water partition coefficient (Wildman–Crippen LogP) is 3.53. The predicted molar refractivity (Wildman–Crippen MR) is 70.3 cm³/mol. The molecule has 0 bridgehead atoms. The summed E-state index contributed by atoms with van der Waals surface area (Å²) < 4.78 is 0. The highest BCUT2D eigenvalue weighted by molar-refractivity contribution is 5.94. The van der Waals surface area contributed by atoms with Crippen molar-refractivity contribution in [2.75, 3.05) is 0 Å². The molecule has 0 aliphatic rings. The van der Waals surface area contributed by atoms with Crippen LogP contribution in [0.5, 0.6) is 0 Å². The van der Waals surface area contributed by atoms with Gasteiger partial charge in [-0.2, -0.15) is 0 Å². The van der Waals surface area contributed by atoms with Gasteiger partial charge in [0.2, 0.25) is 0 Å². The number of carbonyl (C=O) groups excluding carboxylic acids is 1. The highest BCUT2D eigenvalue weighted by atomic mass is 16.1. The summed E-state index contributed by atoms with van der Waals surface area (Å²) in [6, 6.07) is 0.346. The third-order valence-corrected chi connectivity index (χ3v) is 2.27. The van der Waals surface area contributed by atoms with Gasteiger partial charge in [0.05, 0.1) is 0 Å². The largest absolute Gasteiger partial charge is 0.386 e. The van der Waals surface area contributed by atoms with Crippen LogP contribution in [0.4, 0.5) is 0 Å². The van der Waals surface area contributed by atoms with Gasteiger partial charge in [-0.3, -0.25) is 4.79 Å². The molecule has 0 amide bonds. The summed E-state index contributed by atoms with van der Waals surface area (Å²) in [7, 11) is 0. The second kappa shape index (κ2) is 5.03. The summed E-state index contributed by atoms with van der Waals surface area (Å²) >= 11 is 0. The first-order valence-corrected chi connectivity index (χ1v) is 5.97. The number of carbonyl (C=O) groups is 1. The molecule has 0 aromatic heterocycles. The highest BCUT2D eigenvalue weighted by Gasteiger charge is 2.24. The van der Waals surface area contributed by atoms with Crippen molar-refractivity contribution in [1.29, 1.82) is 0 Å². The Morgan fingerprint density at radius 2 is 1.44 bits per heavy atom. The Balaban J connectivity index is 5.06. The monoisotopic (exact) mass is 225 g/mol. The van der Waals surface area contributed by atoms with Crippen molar-refractivity contribution in [3.05, 3.63) is 11.8 Å². The number of nitrogens with one attached hydrogen (secondary N) is 1. The molecule has 0 heterocycles. The smallest absolute Gasteiger partial charge is 0.162 e. The molecule has 0 saturated heterocycles. The summed E-state index contributed by atoms with van der Waals surface area (Å²) in [5.41, 5.74) is 0.683. The van der Waals surface area contributed by atoms with E-state index in [2.05, 4.69) is 39.9 Å². The molecule has 0 aliphatic heterocycles. The second-order valence-electron chi connectivity index (χ2n) is 6.72. The van der Waals surface area contributed by atoms with E-state index in [1.807, 2.05) is 20.8 Å². The maximum absolute atomic E-state index is 12.0. The molecule has 0 aromatic carbocycles. The van der Waals surface area contributed by atoms with Crippen molar-refractivity contribution in [2.45, 2.75) is 61.4 Å². The summed E-state index contributed by atoms with van der Waals surface area (Å²) in [6.45, 7) is 16.4. The molecule has 2 heteroatoms. The minimum atomic E-state index is -0.310. The molecule has 16 heavy (non-hydrogen) atoms. The van der Waals surface area contributed by atoms with Crippen molar-refractivity contribution in [2.24, 2.45) is 10.8 Å². The Bertz CT molecular complexity index is 274. The third-order valence-electron chi connectivity index (χ3n) is 2.27. The lowest BCUT2D eigenvalue weighted by molar-refractivity contribution is -0.121. The molecule has 1 N–H and O–H groups in total. The lowest BCUT2D eigenvalue weighted by Crippen LogP contribution is -2.32. The lowest BCUT2D eigenvalue weighted by Gasteiger charge is -2.27. The Morgan fingerprint density at radius 3 is 1.69 bits per heavy atom. The minimum Gasteiger partial charge on any atom is -0.386 e. The second-order valence-corrected chi connectivity index (χ2v) is 6.72. The molecule has 0 saturated carbocycles. The van der Waals surface area contributed by atoms with Crippen LogP contribution in [-0.4, -0.2) is 11.8 Å². The van der Waals surface area contributed by atoms with E-state index in [9.17, 15) is 4.79 Å². The van der Waals surface area contributed by atoms with Crippen LogP contribution in [0.15, 0.2) is 11.8 Å². The molecule has 2 nitrogen and oxygen atoms in total. The maximum atomic E-state index is 12.0. The molecule has 0 aliphatic carbocycles. The van der Waals surface area contributed by atoms with Gasteiger partial charge in [0.25, 0.3) is 0 Å². The van der Waals surface area contributed by atoms with Gasteiger partial charge in [0, 0.05) is 28.6 Å². The van der Waals surface area contributed by atoms with Crippen molar-refractivity contribution in [1.82, 2.24) is 5.32 Å². The number of allylic oxidation sites excluding steroid dienone is 2. The topological polar surface area (TPSA) is 29.1 Å². The van der Waals surface area contributed by atoms with Crippen LogP contribution >= 0.6 is 0 Å². The molecule has 0 rings (SSSR count). The average molecular weight is 225 g/mol. The number of hydrogen-bond acceptors (Lipinski definition) is 2. The standard InChI is InChI=1S/C14H27NO/c1-10(2)15-11(13(3,4)5)9-12(16)14(6,7)8/h9-10,15H,1-8H3. The van der Waals surface area contributed by atoms with Crippen LogP contribution < -0.4 is 5.32 Å². The van der Waals surface area contributed by atoms with E-state index in [4.69, 9.17) is 0 Å². The molecule has 94 valence electrons. The average Bonchev–Trinajstić information content (AvgIpc) is 1.98. The van der Waals surface area contributed by atoms with Crippen LogP contribution in [0, 0.1) is 10.8 Å². The molecule has 0 atom stereocenters. The Morgan fingerprint density at radius 1 is 1.00 bits per heavy atom. The molecular formula is C14H27NO.